The van der Waals surface area contributed by atoms with Gasteiger partial charge < -0.3 is 24.1 Å². The number of rotatable bonds is 5. The number of halogens is 1. The molecule has 0 unspecified atom stereocenters. The summed E-state index contributed by atoms with van der Waals surface area (Å²) in [5, 5.41) is 12.6. The maximum atomic E-state index is 13.6. The van der Waals surface area contributed by atoms with Crippen LogP contribution in [-0.4, -0.2) is 72.0 Å². The van der Waals surface area contributed by atoms with Gasteiger partial charge in [0.2, 0.25) is 0 Å². The molecule has 1 saturated carbocycles. The van der Waals surface area contributed by atoms with Crippen LogP contribution in [0.25, 0.3) is 0 Å². The van der Waals surface area contributed by atoms with Crippen LogP contribution in [0, 0.1) is 5.82 Å². The van der Waals surface area contributed by atoms with Crippen molar-refractivity contribution in [1.82, 2.24) is 10.4 Å². The summed E-state index contributed by atoms with van der Waals surface area (Å²) in [7, 11) is 0. The van der Waals surface area contributed by atoms with E-state index in [1.54, 1.807) is 31.0 Å². The SMILES string of the molecule is CC1(C)O[C@H]2[C@H](O)C[C@](OCc3cccc(F)c3)(C(=O)NN3CCOCC3)C[C@H]2O1. The normalized spacial score (nSPS) is 33.8. The average Bonchev–Trinajstić information content (AvgIpc) is 3.02. The van der Waals surface area contributed by atoms with Gasteiger partial charge in [0, 0.05) is 25.9 Å². The highest BCUT2D eigenvalue weighted by Crippen LogP contribution is 2.43. The molecular formula is C21H29FN2O6. The van der Waals surface area contributed by atoms with Gasteiger partial charge in [-0.1, -0.05) is 12.1 Å². The fourth-order valence-electron chi connectivity index (χ4n) is 4.35. The third kappa shape index (κ3) is 4.66. The number of nitrogens with zero attached hydrogens (tertiary/aromatic N) is 1. The van der Waals surface area contributed by atoms with Gasteiger partial charge in [0.1, 0.15) is 11.9 Å². The maximum Gasteiger partial charge on any atom is 0.266 e. The van der Waals surface area contributed by atoms with Gasteiger partial charge in [0.05, 0.1) is 32.0 Å². The van der Waals surface area contributed by atoms with Crippen molar-refractivity contribution < 1.29 is 33.2 Å². The van der Waals surface area contributed by atoms with Crippen molar-refractivity contribution in [2.75, 3.05) is 26.3 Å². The first kappa shape index (κ1) is 21.6. The van der Waals surface area contributed by atoms with Crippen molar-refractivity contribution in [3.05, 3.63) is 35.6 Å². The number of hydrazine groups is 1. The molecule has 2 aliphatic heterocycles. The van der Waals surface area contributed by atoms with Gasteiger partial charge in [0.25, 0.3) is 5.91 Å². The lowest BCUT2D eigenvalue weighted by Crippen LogP contribution is -2.62. The molecule has 0 spiro atoms. The van der Waals surface area contributed by atoms with E-state index in [4.69, 9.17) is 18.9 Å². The smallest absolute Gasteiger partial charge is 0.266 e. The van der Waals surface area contributed by atoms with Gasteiger partial charge in [-0.2, -0.15) is 0 Å². The van der Waals surface area contributed by atoms with Gasteiger partial charge in [-0.3, -0.25) is 10.2 Å². The largest absolute Gasteiger partial charge is 0.390 e. The van der Waals surface area contributed by atoms with Gasteiger partial charge >= 0.3 is 0 Å². The highest BCUT2D eigenvalue weighted by atomic mass is 19.1. The van der Waals surface area contributed by atoms with E-state index < -0.39 is 29.7 Å². The molecule has 30 heavy (non-hydrogen) atoms. The zero-order chi connectivity index (χ0) is 21.4. The van der Waals surface area contributed by atoms with Gasteiger partial charge in [-0.15, -0.1) is 0 Å². The number of morpholine rings is 1. The summed E-state index contributed by atoms with van der Waals surface area (Å²) < 4.78 is 36.8. The van der Waals surface area contributed by atoms with Crippen LogP contribution in [0.2, 0.25) is 0 Å². The number of aliphatic hydroxyl groups is 1. The molecule has 4 rings (SSSR count). The molecule has 3 fully saturated rings. The van der Waals surface area contributed by atoms with Crippen LogP contribution in [0.1, 0.15) is 32.3 Å². The molecule has 1 aromatic rings. The first-order valence-corrected chi connectivity index (χ1v) is 10.3. The van der Waals surface area contributed by atoms with Crippen LogP contribution < -0.4 is 5.43 Å². The zero-order valence-corrected chi connectivity index (χ0v) is 17.3. The molecule has 2 N–H and O–H groups in total. The summed E-state index contributed by atoms with van der Waals surface area (Å²) in [6, 6.07) is 6.05. The van der Waals surface area contributed by atoms with Crippen LogP contribution in [0.4, 0.5) is 4.39 Å². The lowest BCUT2D eigenvalue weighted by Gasteiger charge is -2.43. The molecule has 4 atom stereocenters. The average molecular weight is 424 g/mol. The molecule has 3 aliphatic rings. The molecule has 2 saturated heterocycles. The molecular weight excluding hydrogens is 395 g/mol. The number of nitrogens with one attached hydrogen (secondary N) is 1. The Morgan fingerprint density at radius 1 is 1.30 bits per heavy atom. The van der Waals surface area contributed by atoms with E-state index in [1.165, 1.54) is 12.1 Å². The van der Waals surface area contributed by atoms with Gasteiger partial charge in [-0.05, 0) is 31.5 Å². The number of aliphatic hydroxyl groups excluding tert-OH is 1. The van der Waals surface area contributed by atoms with E-state index in [0.29, 0.717) is 31.9 Å². The summed E-state index contributed by atoms with van der Waals surface area (Å²) in [5.41, 5.74) is 2.17. The number of hydrogen-bond donors (Lipinski definition) is 2. The molecule has 9 heteroatoms. The molecule has 166 valence electrons. The Bertz CT molecular complexity index is 772. The molecule has 2 heterocycles. The third-order valence-corrected chi connectivity index (χ3v) is 5.76. The minimum absolute atomic E-state index is 0.0304. The summed E-state index contributed by atoms with van der Waals surface area (Å²) in [6.45, 7) is 5.76. The summed E-state index contributed by atoms with van der Waals surface area (Å²) in [4.78, 5) is 13.4. The van der Waals surface area contributed by atoms with E-state index in [9.17, 15) is 14.3 Å². The second-order valence-corrected chi connectivity index (χ2v) is 8.57. The standard InChI is InChI=1S/C21H29FN2O6/c1-20(2)29-17-12-21(11-16(25)18(17)30-20,19(26)23-24-6-8-27-9-7-24)28-13-14-4-3-5-15(22)10-14/h3-5,10,16-18,25H,6-9,11-13H2,1-2H3,(H,23,26)/t16-,17-,18+,21-/m1/s1. The predicted octanol–water partition coefficient (Wildman–Crippen LogP) is 1.12. The number of benzene rings is 1. The Balaban J connectivity index is 1.55. The Kier molecular flexibility index (Phi) is 6.11. The Labute approximate surface area is 175 Å². The fraction of sp³-hybridized carbons (Fsp3) is 0.667. The number of carbonyl (C=O) groups is 1. The van der Waals surface area contributed by atoms with Crippen molar-refractivity contribution in [1.29, 1.82) is 0 Å². The number of hydrogen-bond acceptors (Lipinski definition) is 7. The van der Waals surface area contributed by atoms with Crippen molar-refractivity contribution in [2.24, 2.45) is 0 Å². The maximum absolute atomic E-state index is 13.6. The van der Waals surface area contributed by atoms with E-state index in [2.05, 4.69) is 5.43 Å². The van der Waals surface area contributed by atoms with Crippen LogP contribution in [0.15, 0.2) is 24.3 Å². The Morgan fingerprint density at radius 3 is 2.80 bits per heavy atom. The second-order valence-electron chi connectivity index (χ2n) is 8.57. The molecule has 1 aliphatic carbocycles. The number of carbonyl (C=O) groups excluding carboxylic acids is 1. The first-order valence-electron chi connectivity index (χ1n) is 10.3. The molecule has 0 aromatic heterocycles. The number of ether oxygens (including phenoxy) is 4. The van der Waals surface area contributed by atoms with E-state index in [1.807, 2.05) is 0 Å². The topological polar surface area (TPSA) is 89.5 Å². The Hall–Kier alpha value is -1.62. The summed E-state index contributed by atoms with van der Waals surface area (Å²) in [5.74, 6) is -1.58. The van der Waals surface area contributed by atoms with Crippen LogP contribution in [0.3, 0.4) is 0 Å². The highest BCUT2D eigenvalue weighted by molar-refractivity contribution is 5.85. The van der Waals surface area contributed by atoms with Gasteiger partial charge in [0.15, 0.2) is 11.4 Å². The van der Waals surface area contributed by atoms with Crippen molar-refractivity contribution in [3.63, 3.8) is 0 Å². The minimum Gasteiger partial charge on any atom is -0.390 e. The molecule has 0 radical (unpaired) electrons. The summed E-state index contributed by atoms with van der Waals surface area (Å²) in [6.07, 6.45) is -1.68. The van der Waals surface area contributed by atoms with Crippen LogP contribution in [-0.2, 0) is 30.3 Å². The molecule has 8 nitrogen and oxygen atoms in total. The van der Waals surface area contributed by atoms with Gasteiger partial charge in [-0.25, -0.2) is 9.40 Å². The Morgan fingerprint density at radius 2 is 2.07 bits per heavy atom. The second kappa shape index (κ2) is 8.49. The minimum atomic E-state index is -1.34. The molecule has 0 bridgehead atoms. The monoisotopic (exact) mass is 424 g/mol. The lowest BCUT2D eigenvalue weighted by atomic mass is 9.79. The fourth-order valence-corrected chi connectivity index (χ4v) is 4.35. The first-order chi connectivity index (χ1) is 14.3. The lowest BCUT2D eigenvalue weighted by molar-refractivity contribution is -0.180. The zero-order valence-electron chi connectivity index (χ0n) is 17.3. The van der Waals surface area contributed by atoms with Crippen LogP contribution >= 0.6 is 0 Å². The van der Waals surface area contributed by atoms with E-state index in [-0.39, 0.29) is 31.2 Å². The quantitative estimate of drug-likeness (QED) is 0.732. The van der Waals surface area contributed by atoms with Crippen molar-refractivity contribution >= 4 is 5.91 Å². The number of fused-ring (bicyclic) bond motifs is 1. The summed E-state index contributed by atoms with van der Waals surface area (Å²) >= 11 is 0. The van der Waals surface area contributed by atoms with Crippen LogP contribution in [0.5, 0.6) is 0 Å². The molecule has 1 aromatic carbocycles. The van der Waals surface area contributed by atoms with Crippen molar-refractivity contribution in [2.45, 2.75) is 63.0 Å². The highest BCUT2D eigenvalue weighted by Gasteiger charge is 2.57. The number of amides is 1. The van der Waals surface area contributed by atoms with E-state index >= 15 is 0 Å². The van der Waals surface area contributed by atoms with Crippen molar-refractivity contribution in [3.8, 4) is 0 Å². The van der Waals surface area contributed by atoms with E-state index in [0.717, 1.165) is 0 Å². The molecule has 1 amide bonds. The predicted molar refractivity (Wildman–Crippen MR) is 104 cm³/mol. The third-order valence-electron chi connectivity index (χ3n) is 5.76.